The van der Waals surface area contributed by atoms with Crippen LogP contribution < -0.4 is 0 Å². The summed E-state index contributed by atoms with van der Waals surface area (Å²) in [5.74, 6) is -1.71. The van der Waals surface area contributed by atoms with Gasteiger partial charge in [-0.15, -0.1) is 0 Å². The SMILES string of the molecule is CN(C)C1=C(C(=O)C(F)(F)F)C(C)(C)C1. The van der Waals surface area contributed by atoms with E-state index in [0.29, 0.717) is 12.1 Å². The first-order valence-corrected chi connectivity index (χ1v) is 4.60. The molecule has 86 valence electrons. The molecule has 0 saturated carbocycles. The zero-order valence-corrected chi connectivity index (χ0v) is 9.20. The summed E-state index contributed by atoms with van der Waals surface area (Å²) in [5.41, 5.74) is -0.269. The highest BCUT2D eigenvalue weighted by Gasteiger charge is 2.51. The minimum absolute atomic E-state index is 0.0972. The predicted molar refractivity (Wildman–Crippen MR) is 50.2 cm³/mol. The Balaban J connectivity index is 3.11. The van der Waals surface area contributed by atoms with Crippen LogP contribution in [0.25, 0.3) is 0 Å². The Morgan fingerprint density at radius 1 is 1.33 bits per heavy atom. The quantitative estimate of drug-likeness (QED) is 0.713. The third-order valence-corrected chi connectivity index (χ3v) is 2.60. The molecule has 0 N–H and O–H groups in total. The largest absolute Gasteiger partial charge is 0.454 e. The molecule has 2 nitrogen and oxygen atoms in total. The molecule has 1 rings (SSSR count). The molecule has 5 heteroatoms. The van der Waals surface area contributed by atoms with Gasteiger partial charge in [-0.05, 0) is 6.42 Å². The van der Waals surface area contributed by atoms with Crippen LogP contribution in [-0.2, 0) is 4.79 Å². The Hall–Kier alpha value is -1.00. The van der Waals surface area contributed by atoms with Crippen LogP contribution in [-0.4, -0.2) is 31.0 Å². The van der Waals surface area contributed by atoms with Gasteiger partial charge in [0.2, 0.25) is 0 Å². The number of nitrogens with zero attached hydrogens (tertiary/aromatic N) is 1. The van der Waals surface area contributed by atoms with Gasteiger partial charge in [-0.25, -0.2) is 0 Å². The number of carbonyl (C=O) groups is 1. The van der Waals surface area contributed by atoms with Crippen LogP contribution in [0.2, 0.25) is 0 Å². The molecule has 0 heterocycles. The van der Waals surface area contributed by atoms with Crippen molar-refractivity contribution in [3.8, 4) is 0 Å². The zero-order valence-electron chi connectivity index (χ0n) is 9.20. The predicted octanol–water partition coefficient (Wildman–Crippen LogP) is 2.36. The van der Waals surface area contributed by atoms with E-state index in [2.05, 4.69) is 0 Å². The van der Waals surface area contributed by atoms with Crippen LogP contribution in [0.4, 0.5) is 13.2 Å². The molecule has 15 heavy (non-hydrogen) atoms. The summed E-state index contributed by atoms with van der Waals surface area (Å²) >= 11 is 0. The van der Waals surface area contributed by atoms with Gasteiger partial charge in [0.15, 0.2) is 0 Å². The summed E-state index contributed by atoms with van der Waals surface area (Å²) in [4.78, 5) is 12.7. The van der Waals surface area contributed by atoms with Gasteiger partial charge < -0.3 is 4.90 Å². The van der Waals surface area contributed by atoms with E-state index in [9.17, 15) is 18.0 Å². The first-order valence-electron chi connectivity index (χ1n) is 4.60. The molecule has 0 aliphatic heterocycles. The first-order chi connectivity index (χ1) is 6.57. The second-order valence-electron chi connectivity index (χ2n) is 4.60. The van der Waals surface area contributed by atoms with Gasteiger partial charge in [0.1, 0.15) is 0 Å². The Bertz CT molecular complexity index is 326. The highest BCUT2D eigenvalue weighted by atomic mass is 19.4. The monoisotopic (exact) mass is 221 g/mol. The van der Waals surface area contributed by atoms with Crippen LogP contribution in [0.1, 0.15) is 20.3 Å². The average Bonchev–Trinajstić information content (AvgIpc) is 1.98. The van der Waals surface area contributed by atoms with E-state index in [1.54, 1.807) is 32.8 Å². The molecular weight excluding hydrogens is 207 g/mol. The molecule has 0 aromatic carbocycles. The number of hydrogen-bond donors (Lipinski definition) is 0. The minimum atomic E-state index is -4.77. The average molecular weight is 221 g/mol. The molecule has 1 aliphatic carbocycles. The molecule has 0 bridgehead atoms. The molecule has 0 spiro atoms. The van der Waals surface area contributed by atoms with Crippen molar-refractivity contribution >= 4 is 5.78 Å². The molecule has 0 aromatic rings. The number of allylic oxidation sites excluding steroid dienone is 2. The van der Waals surface area contributed by atoms with Crippen molar-refractivity contribution in [3.63, 3.8) is 0 Å². The molecule has 0 radical (unpaired) electrons. The number of Topliss-reactive ketones (excluding diaryl/α,β-unsaturated/α-hetero) is 1. The smallest absolute Gasteiger partial charge is 0.381 e. The maximum atomic E-state index is 12.3. The van der Waals surface area contributed by atoms with Crippen molar-refractivity contribution in [1.82, 2.24) is 4.90 Å². The minimum Gasteiger partial charge on any atom is -0.381 e. The number of halogens is 3. The third kappa shape index (κ3) is 2.01. The summed E-state index contributed by atoms with van der Waals surface area (Å²) in [6.45, 7) is 3.30. The van der Waals surface area contributed by atoms with E-state index in [0.717, 1.165) is 0 Å². The lowest BCUT2D eigenvalue weighted by Gasteiger charge is -2.42. The summed E-state index contributed by atoms with van der Waals surface area (Å²) < 4.78 is 36.9. The molecule has 1 aliphatic rings. The first kappa shape index (κ1) is 12.1. The summed E-state index contributed by atoms with van der Waals surface area (Å²) in [6.07, 6.45) is -4.26. The van der Waals surface area contributed by atoms with Crippen molar-refractivity contribution in [2.75, 3.05) is 14.1 Å². The fraction of sp³-hybridized carbons (Fsp3) is 0.700. The number of rotatable bonds is 2. The van der Waals surface area contributed by atoms with Crippen molar-refractivity contribution in [3.05, 3.63) is 11.3 Å². The van der Waals surface area contributed by atoms with E-state index in [1.165, 1.54) is 0 Å². The van der Waals surface area contributed by atoms with Crippen molar-refractivity contribution in [2.45, 2.75) is 26.4 Å². The summed E-state index contributed by atoms with van der Waals surface area (Å²) in [7, 11) is 3.29. The van der Waals surface area contributed by atoms with Crippen LogP contribution in [0, 0.1) is 5.41 Å². The Morgan fingerprint density at radius 3 is 2.07 bits per heavy atom. The molecule has 0 unspecified atom stereocenters. The van der Waals surface area contributed by atoms with Gasteiger partial charge in [-0.3, -0.25) is 4.79 Å². The number of ketones is 1. The topological polar surface area (TPSA) is 20.3 Å². The molecule has 0 aromatic heterocycles. The second kappa shape index (κ2) is 3.25. The van der Waals surface area contributed by atoms with Gasteiger partial charge in [0.25, 0.3) is 5.78 Å². The number of alkyl halides is 3. The van der Waals surface area contributed by atoms with Gasteiger partial charge in [0, 0.05) is 30.8 Å². The van der Waals surface area contributed by atoms with Crippen LogP contribution in [0.15, 0.2) is 11.3 Å². The van der Waals surface area contributed by atoms with Crippen molar-refractivity contribution in [2.24, 2.45) is 5.41 Å². The van der Waals surface area contributed by atoms with Crippen LogP contribution >= 0.6 is 0 Å². The lowest BCUT2D eigenvalue weighted by Crippen LogP contribution is -2.42. The van der Waals surface area contributed by atoms with Crippen LogP contribution in [0.5, 0.6) is 0 Å². The zero-order chi connectivity index (χ0) is 12.0. The van der Waals surface area contributed by atoms with E-state index in [1.807, 2.05) is 0 Å². The normalized spacial score (nSPS) is 19.9. The van der Waals surface area contributed by atoms with Gasteiger partial charge in [-0.1, -0.05) is 13.8 Å². The fourth-order valence-electron chi connectivity index (χ4n) is 1.84. The Morgan fingerprint density at radius 2 is 1.80 bits per heavy atom. The van der Waals surface area contributed by atoms with E-state index < -0.39 is 17.4 Å². The molecule has 0 saturated heterocycles. The van der Waals surface area contributed by atoms with Crippen molar-refractivity contribution in [1.29, 1.82) is 0 Å². The van der Waals surface area contributed by atoms with Gasteiger partial charge in [0.05, 0.1) is 0 Å². The van der Waals surface area contributed by atoms with E-state index in [-0.39, 0.29) is 5.57 Å². The lowest BCUT2D eigenvalue weighted by atomic mass is 9.67. The molecular formula is C10H14F3NO. The third-order valence-electron chi connectivity index (χ3n) is 2.60. The maximum Gasteiger partial charge on any atom is 0.454 e. The fourth-order valence-corrected chi connectivity index (χ4v) is 1.84. The Kier molecular flexibility index (Phi) is 2.62. The van der Waals surface area contributed by atoms with E-state index >= 15 is 0 Å². The number of hydrogen-bond acceptors (Lipinski definition) is 2. The summed E-state index contributed by atoms with van der Waals surface area (Å²) in [5, 5.41) is 0. The highest BCUT2D eigenvalue weighted by Crippen LogP contribution is 2.48. The van der Waals surface area contributed by atoms with E-state index in [4.69, 9.17) is 0 Å². The van der Waals surface area contributed by atoms with Crippen LogP contribution in [0.3, 0.4) is 0 Å². The molecule has 0 fully saturated rings. The molecule has 0 atom stereocenters. The Labute approximate surface area is 86.7 Å². The highest BCUT2D eigenvalue weighted by molar-refractivity contribution is 6.02. The summed E-state index contributed by atoms with van der Waals surface area (Å²) in [6, 6.07) is 0. The van der Waals surface area contributed by atoms with Crippen molar-refractivity contribution < 1.29 is 18.0 Å². The standard InChI is InChI=1S/C10H14F3NO/c1-9(2)5-6(14(3)4)7(9)8(15)10(11,12)13/h5H2,1-4H3. The lowest BCUT2D eigenvalue weighted by molar-refractivity contribution is -0.168. The second-order valence-corrected chi connectivity index (χ2v) is 4.60. The maximum absolute atomic E-state index is 12.3. The number of carbonyl (C=O) groups excluding carboxylic acids is 1. The molecule has 0 amide bonds. The van der Waals surface area contributed by atoms with Gasteiger partial charge >= 0.3 is 6.18 Å². The van der Waals surface area contributed by atoms with Gasteiger partial charge in [-0.2, -0.15) is 13.2 Å².